The zero-order valence-corrected chi connectivity index (χ0v) is 59.5. The fourth-order valence-corrected chi connectivity index (χ4v) is 122. The molecule has 0 radical (unpaired) electrons. The summed E-state index contributed by atoms with van der Waals surface area (Å²) in [6.07, 6.45) is 7.51. The third-order valence-corrected chi connectivity index (χ3v) is 125. The molecular formula is C42H56F6N3O5S22-. The van der Waals surface area contributed by atoms with Crippen molar-refractivity contribution < 1.29 is 48.8 Å². The summed E-state index contributed by atoms with van der Waals surface area (Å²) in [5, 5.41) is 6.20. The predicted molar refractivity (Wildman–Crippen MR) is 362 cm³/mol. The number of ether oxygens (including phenoxy) is 1. The molecule has 0 spiro atoms. The maximum absolute atomic E-state index is 12.7. The fourth-order valence-electron chi connectivity index (χ4n) is 10.5. The molecule has 1 aliphatic heterocycles. The van der Waals surface area contributed by atoms with E-state index in [1.54, 1.807) is 23.4 Å². The van der Waals surface area contributed by atoms with Crippen molar-refractivity contribution in [1.82, 2.24) is 9.80 Å². The molecule has 7 rings (SSSR count). The third-order valence-electron chi connectivity index (χ3n) is 14.0. The number of alkyl halides is 6. The van der Waals surface area contributed by atoms with E-state index in [0.717, 1.165) is 61.4 Å². The SMILES string of the molecule is CN(CC[C@@]12CCCC[C@@H]1C=Cc1ccc(OCC(F)F)cc12)CC(F)F.CN1CC[C@@]23CCCC[C@@H]2[C@@H]1Cc1ccc(O)cc13.CS(=O)(=O)OCC(F)F.N#CS(=S)(=S)S(=S)(=S)S(=S)(=S)S(=S)(=S)S(=S)(=S)S(=S)(=S)[S-](=S)=S. The minimum absolute atomic E-state index is 0.136. The average molecular weight is 1500 g/mol. The van der Waals surface area contributed by atoms with Crippen molar-refractivity contribution in [1.29, 1.82) is 5.26 Å². The van der Waals surface area contributed by atoms with E-state index < -0.39 is 81.9 Å². The zero-order chi connectivity index (χ0) is 59.3. The first-order valence-corrected chi connectivity index (χ1v) is 52.0. The second-order valence-corrected chi connectivity index (χ2v) is 86.3. The van der Waals surface area contributed by atoms with E-state index in [1.165, 1.54) is 56.2 Å². The van der Waals surface area contributed by atoms with Crippen LogP contribution in [0, 0.1) is 22.5 Å². The van der Waals surface area contributed by atoms with Gasteiger partial charge in [-0.3, -0.25) is 11.2 Å². The van der Waals surface area contributed by atoms with Crippen LogP contribution in [-0.4, -0.2) is 102 Å². The standard InChI is InChI=1S/C21H27F4NO.C17H23NO.C3H6F2O3S.CNS21/c1-26(13-19(22)23)11-10-21-9-3-2-4-16(21)7-5-15-6-8-17(12-18(15)21)27-14-20(24)25;1-18-9-8-17-7-3-2-4-14(17)16(18)10-12-5-6-13(19)11-15(12)17;1-9(6,7)8-2-3(4)5;2-1-18(5,6)20(9,10)22(13,14)23(15,16)21(11,12)19(7,8)17(3)4/h5-8,12,16,19-20H,2-4,9-11,13-14H2,1H3;5-6,11,14,16,19H,2-4,7-10H2,1H3;3H,2H2,1H3;/q;;;-1/t16-,21+;14-,16+,17+;;/m11../s1. The van der Waals surface area contributed by atoms with Crippen molar-refractivity contribution in [3.05, 3.63) is 64.7 Å². The second kappa shape index (κ2) is 29.5. The molecule has 1 heterocycles. The summed E-state index contributed by atoms with van der Waals surface area (Å²) in [5.74, 6) is 2.07. The van der Waals surface area contributed by atoms with Crippen molar-refractivity contribution in [2.24, 2.45) is 11.8 Å². The van der Waals surface area contributed by atoms with Crippen LogP contribution in [0.2, 0.25) is 0 Å². The minimum Gasteiger partial charge on any atom is -0.508 e. The van der Waals surface area contributed by atoms with Gasteiger partial charge in [0.2, 0.25) is 0 Å². The maximum Gasteiger partial charge on any atom is 0.272 e. The number of likely N-dealkylation sites (tertiary alicyclic amines) is 1. The first kappa shape index (κ1) is 72.7. The smallest absolute Gasteiger partial charge is 0.272 e. The molecule has 1 N–H and O–H groups in total. The van der Waals surface area contributed by atoms with Crippen LogP contribution in [0.5, 0.6) is 11.5 Å². The lowest BCUT2D eigenvalue weighted by atomic mass is 9.52. The van der Waals surface area contributed by atoms with Crippen LogP contribution in [0.15, 0.2) is 42.5 Å². The van der Waals surface area contributed by atoms with Crippen molar-refractivity contribution in [3.63, 3.8) is 0 Å². The molecule has 444 valence electrons. The van der Waals surface area contributed by atoms with E-state index in [-0.39, 0.29) is 12.0 Å². The molecule has 2 bridgehead atoms. The number of nitrogens with zero attached hydrogens (tertiary/aromatic N) is 3. The van der Waals surface area contributed by atoms with Gasteiger partial charge in [0.25, 0.3) is 29.4 Å². The number of rotatable bonds is 17. The molecular weight excluding hydrogens is 1450 g/mol. The van der Waals surface area contributed by atoms with Gasteiger partial charge in [0.1, 0.15) is 24.7 Å². The summed E-state index contributed by atoms with van der Waals surface area (Å²) in [6, 6.07) is 12.4. The molecule has 36 heteroatoms. The van der Waals surface area contributed by atoms with Crippen LogP contribution in [-0.2, 0) is 227 Å². The highest BCUT2D eigenvalue weighted by atomic mass is 34.4. The second-order valence-electron chi connectivity index (χ2n) is 18.7. The van der Waals surface area contributed by atoms with Crippen molar-refractivity contribution in [3.8, 4) is 16.9 Å². The number of hydrogen-bond donors (Lipinski definition) is 1. The zero-order valence-electron chi connectivity index (χ0n) is 41.6. The normalized spacial score (nSPS) is 23.5. The monoisotopic (exact) mass is 1500 g/mol. The van der Waals surface area contributed by atoms with Crippen LogP contribution >= 0.6 is 0 Å². The van der Waals surface area contributed by atoms with Gasteiger partial charge in [0.05, 0.1) is 19.0 Å². The van der Waals surface area contributed by atoms with Gasteiger partial charge in [0, 0.05) is 37.7 Å². The lowest BCUT2D eigenvalue weighted by Crippen LogP contribution is -2.59. The number of halogens is 6. The quantitative estimate of drug-likeness (QED) is 0.0537. The van der Waals surface area contributed by atoms with Gasteiger partial charge in [-0.25, -0.2) is 48.7 Å². The Labute approximate surface area is 522 Å². The highest BCUT2D eigenvalue weighted by Gasteiger charge is 2.53. The Morgan fingerprint density at radius 2 is 1.40 bits per heavy atom. The highest BCUT2D eigenvalue weighted by Crippen LogP contribution is 2.56. The molecule has 4 aliphatic carbocycles. The summed E-state index contributed by atoms with van der Waals surface area (Å²) in [6.45, 7) is -0.117. The summed E-state index contributed by atoms with van der Waals surface area (Å²) in [7, 11) is -0.953. The van der Waals surface area contributed by atoms with Gasteiger partial charge >= 0.3 is 0 Å². The van der Waals surface area contributed by atoms with Crippen molar-refractivity contribution >= 4 is 212 Å². The van der Waals surface area contributed by atoms with Crippen LogP contribution in [0.4, 0.5) is 26.3 Å². The molecule has 78 heavy (non-hydrogen) atoms. The van der Waals surface area contributed by atoms with E-state index in [9.17, 15) is 45.1 Å². The Hall–Kier alpha value is 2.21. The predicted octanol–water partition coefficient (Wildman–Crippen LogP) is 8.65. The number of benzene rings is 2. The molecule has 0 unspecified atom stereocenters. The first-order valence-electron chi connectivity index (χ1n) is 23.1. The number of hydrogen-bond acceptors (Lipinski definition) is 23. The summed E-state index contributed by atoms with van der Waals surface area (Å²) >= 11 is 74.5. The summed E-state index contributed by atoms with van der Waals surface area (Å²) in [4.78, 5) is 4.27. The van der Waals surface area contributed by atoms with Gasteiger partial charge < -0.3 is 19.6 Å². The Morgan fingerprint density at radius 1 is 0.795 bits per heavy atom. The number of phenols is 1. The number of nitriles is 1. The number of aromatic hydroxyl groups is 1. The van der Waals surface area contributed by atoms with E-state index in [2.05, 4.69) is 40.4 Å². The third kappa shape index (κ3) is 16.9. The molecule has 2 saturated carbocycles. The molecule has 0 amide bonds. The lowest BCUT2D eigenvalue weighted by molar-refractivity contribution is 0.00274. The van der Waals surface area contributed by atoms with Gasteiger partial charge in [0.15, 0.2) is 5.40 Å². The van der Waals surface area contributed by atoms with E-state index in [0.29, 0.717) is 29.4 Å². The van der Waals surface area contributed by atoms with E-state index >= 15 is 0 Å². The van der Waals surface area contributed by atoms with Gasteiger partial charge in [-0.2, -0.15) is 13.7 Å². The number of phenolic OH excluding ortho intramolecular Hbond substituents is 1. The molecule has 5 atom stereocenters. The average Bonchev–Trinajstić information content (AvgIpc) is 3.37. The highest BCUT2D eigenvalue weighted by molar-refractivity contribution is 9.67. The number of fused-ring (bicyclic) bond motifs is 4. The summed E-state index contributed by atoms with van der Waals surface area (Å²) < 4.78 is 102. The summed E-state index contributed by atoms with van der Waals surface area (Å²) in [5.41, 5.74) is 5.42. The van der Waals surface area contributed by atoms with Crippen LogP contribution in [0.25, 0.3) is 6.08 Å². The largest absolute Gasteiger partial charge is 0.508 e. The molecule has 2 aromatic carbocycles. The molecule has 0 aromatic heterocycles. The Bertz CT molecular complexity index is 3480. The Balaban J connectivity index is 0.000000236. The maximum atomic E-state index is 12.7. The van der Waals surface area contributed by atoms with Gasteiger partial charge in [-0.1, -0.05) is 77.6 Å². The first-order chi connectivity index (χ1) is 35.8. The Morgan fingerprint density at radius 3 is 1.96 bits per heavy atom. The van der Waals surface area contributed by atoms with E-state index in [4.69, 9.17) is 161 Å². The van der Waals surface area contributed by atoms with Gasteiger partial charge in [-0.15, -0.1) is 0 Å². The van der Waals surface area contributed by atoms with Crippen LogP contribution in [0.1, 0.15) is 86.5 Å². The Kier molecular flexibility index (Phi) is 27.5. The molecule has 2 aromatic rings. The molecule has 8 nitrogen and oxygen atoms in total. The minimum atomic E-state index is -3.70. The number of thiocyanates is 1. The lowest BCUT2D eigenvalue weighted by Gasteiger charge is -2.58. The molecule has 3 fully saturated rings. The van der Waals surface area contributed by atoms with Gasteiger partial charge in [-0.05, 0) is 242 Å². The van der Waals surface area contributed by atoms with Crippen molar-refractivity contribution in [2.45, 2.75) is 107 Å². The molecule has 1 saturated heterocycles. The fraction of sp³-hybridized carbons (Fsp3) is 0.643. The molecule has 5 aliphatic rings. The van der Waals surface area contributed by atoms with Crippen LogP contribution in [0.3, 0.4) is 0 Å². The topological polar surface area (TPSA) is 103 Å². The van der Waals surface area contributed by atoms with Crippen LogP contribution < -0.4 is 4.74 Å². The number of likely N-dealkylation sites (N-methyl/N-ethyl adjacent to an activating group) is 1. The number of piperidine rings is 1. The van der Waals surface area contributed by atoms with E-state index in [1.807, 2.05) is 18.2 Å². The van der Waals surface area contributed by atoms with Crippen molar-refractivity contribution in [2.75, 3.05) is 53.2 Å². The number of allylic oxidation sites excluding steroid dienone is 1.